The Hall–Kier alpha value is -1.37. The number of carbonyl (C=O) groups excluding carboxylic acids is 1. The number of anilines is 1. The summed E-state index contributed by atoms with van der Waals surface area (Å²) in [6.45, 7) is 0.643. The van der Waals surface area contributed by atoms with E-state index < -0.39 is 11.3 Å². The van der Waals surface area contributed by atoms with Crippen molar-refractivity contribution in [2.75, 3.05) is 10.9 Å². The van der Waals surface area contributed by atoms with Crippen molar-refractivity contribution in [3.63, 3.8) is 0 Å². The maximum Gasteiger partial charge on any atom is 0.293 e. The van der Waals surface area contributed by atoms with Gasteiger partial charge in [-0.1, -0.05) is 29.8 Å². The topological polar surface area (TPSA) is 69.7 Å². The molecule has 7 heteroatoms. The number of hydrogen-bond donors (Lipinski definition) is 0. The molecular formula is C15H17ClNO4S-. The highest BCUT2D eigenvalue weighted by Crippen LogP contribution is 2.34. The molecule has 0 heterocycles. The zero-order chi connectivity index (χ0) is 15.9. The van der Waals surface area contributed by atoms with Crippen molar-refractivity contribution in [3.8, 4) is 0 Å². The summed E-state index contributed by atoms with van der Waals surface area (Å²) in [7, 11) is 0. The molecule has 22 heavy (non-hydrogen) atoms. The number of hydrogen-bond acceptors (Lipinski definition) is 4. The Labute approximate surface area is 137 Å². The summed E-state index contributed by atoms with van der Waals surface area (Å²) >= 11 is 3.71. The third-order valence-corrected chi connectivity index (χ3v) is 4.72. The van der Waals surface area contributed by atoms with Crippen molar-refractivity contribution < 1.29 is 18.3 Å². The Morgan fingerprint density at radius 3 is 2.91 bits per heavy atom. The molecular weight excluding hydrogens is 326 g/mol. The largest absolute Gasteiger partial charge is 0.755 e. The van der Waals surface area contributed by atoms with Crippen LogP contribution in [-0.4, -0.2) is 27.9 Å². The van der Waals surface area contributed by atoms with Gasteiger partial charge in [0.05, 0.1) is 23.4 Å². The van der Waals surface area contributed by atoms with Crippen LogP contribution in [0, 0.1) is 0 Å². The van der Waals surface area contributed by atoms with Gasteiger partial charge in [-0.2, -0.15) is 0 Å². The van der Waals surface area contributed by atoms with Crippen molar-refractivity contribution in [1.29, 1.82) is 0 Å². The Bertz CT molecular complexity index is 578. The number of allylic oxidation sites excluding steroid dienone is 1. The van der Waals surface area contributed by atoms with Crippen LogP contribution in [0.4, 0.5) is 5.69 Å². The van der Waals surface area contributed by atoms with E-state index in [4.69, 9.17) is 16.3 Å². The third-order valence-electron chi connectivity index (χ3n) is 3.63. The molecule has 2 unspecified atom stereocenters. The lowest BCUT2D eigenvalue weighted by Crippen LogP contribution is -2.39. The molecule has 0 spiro atoms. The first kappa shape index (κ1) is 17.0. The van der Waals surface area contributed by atoms with Gasteiger partial charge in [0.15, 0.2) is 0 Å². The van der Waals surface area contributed by atoms with Gasteiger partial charge in [-0.15, -0.1) is 0 Å². The Morgan fingerprint density at radius 2 is 2.23 bits per heavy atom. The Kier molecular flexibility index (Phi) is 6.42. The lowest BCUT2D eigenvalue weighted by atomic mass is 9.92. The SMILES string of the molecule is O=COCCC1=CCCCC1N(c1ccccc1Cl)S(=O)[O-]. The van der Waals surface area contributed by atoms with Crippen molar-refractivity contribution in [2.24, 2.45) is 0 Å². The number of benzene rings is 1. The van der Waals surface area contributed by atoms with Gasteiger partial charge in [0.1, 0.15) is 0 Å². The highest BCUT2D eigenvalue weighted by molar-refractivity contribution is 7.80. The van der Waals surface area contributed by atoms with E-state index >= 15 is 0 Å². The number of para-hydroxylation sites is 1. The number of ether oxygens (including phenoxy) is 1. The molecule has 1 aliphatic rings. The standard InChI is InChI=1S/C15H18ClNO4S/c16-13-6-2-4-8-15(13)17(22(19)20)14-7-3-1-5-12(14)9-10-21-11-18/h2,4-6,8,11,14H,1,3,7,9-10H2,(H,19,20)/p-1. The first-order valence-electron chi connectivity index (χ1n) is 7.02. The van der Waals surface area contributed by atoms with Crippen LogP contribution in [-0.2, 0) is 20.8 Å². The van der Waals surface area contributed by atoms with E-state index in [9.17, 15) is 13.6 Å². The summed E-state index contributed by atoms with van der Waals surface area (Å²) in [5.74, 6) is 0. The lowest BCUT2D eigenvalue weighted by Gasteiger charge is -2.38. The molecule has 120 valence electrons. The minimum absolute atomic E-state index is 0.244. The molecule has 0 N–H and O–H groups in total. The van der Waals surface area contributed by atoms with Gasteiger partial charge in [0, 0.05) is 17.7 Å². The van der Waals surface area contributed by atoms with Gasteiger partial charge in [-0.25, -0.2) is 0 Å². The number of carbonyl (C=O) groups is 1. The molecule has 2 rings (SSSR count). The van der Waals surface area contributed by atoms with Crippen LogP contribution in [0.2, 0.25) is 5.02 Å². The highest BCUT2D eigenvalue weighted by Gasteiger charge is 2.27. The second-order valence-corrected chi connectivity index (χ2v) is 6.17. The van der Waals surface area contributed by atoms with Crippen molar-refractivity contribution in [3.05, 3.63) is 40.9 Å². The van der Waals surface area contributed by atoms with E-state index in [1.165, 1.54) is 4.31 Å². The van der Waals surface area contributed by atoms with E-state index in [0.717, 1.165) is 18.4 Å². The monoisotopic (exact) mass is 342 g/mol. The number of rotatable bonds is 7. The molecule has 1 aliphatic carbocycles. The fraction of sp³-hybridized carbons (Fsp3) is 0.400. The average molecular weight is 343 g/mol. The summed E-state index contributed by atoms with van der Waals surface area (Å²) in [6, 6.07) is 6.57. The molecule has 1 aromatic carbocycles. The Balaban J connectivity index is 2.28. The fourth-order valence-corrected chi connectivity index (χ4v) is 3.71. The molecule has 0 bridgehead atoms. The predicted molar refractivity (Wildman–Crippen MR) is 85.2 cm³/mol. The molecule has 0 amide bonds. The molecule has 0 fully saturated rings. The van der Waals surface area contributed by atoms with Crippen molar-refractivity contribution >= 4 is 35.0 Å². The zero-order valence-electron chi connectivity index (χ0n) is 11.9. The molecule has 5 nitrogen and oxygen atoms in total. The molecule has 2 atom stereocenters. The predicted octanol–water partition coefficient (Wildman–Crippen LogP) is 2.98. The van der Waals surface area contributed by atoms with Gasteiger partial charge in [-0.3, -0.25) is 13.3 Å². The molecule has 0 aliphatic heterocycles. The van der Waals surface area contributed by atoms with Gasteiger partial charge in [-0.05, 0) is 37.0 Å². The van der Waals surface area contributed by atoms with Crippen LogP contribution < -0.4 is 4.31 Å². The zero-order valence-corrected chi connectivity index (χ0v) is 13.5. The third kappa shape index (κ3) is 4.09. The summed E-state index contributed by atoms with van der Waals surface area (Å²) in [5.41, 5.74) is 1.42. The van der Waals surface area contributed by atoms with E-state index in [-0.39, 0.29) is 12.6 Å². The summed E-state index contributed by atoms with van der Waals surface area (Å²) in [5, 5.41) is 0.390. The fourth-order valence-electron chi connectivity index (χ4n) is 2.66. The summed E-state index contributed by atoms with van der Waals surface area (Å²) in [6.07, 6.45) is 5.06. The average Bonchev–Trinajstić information content (AvgIpc) is 2.51. The molecule has 0 aromatic heterocycles. The van der Waals surface area contributed by atoms with Crippen molar-refractivity contribution in [2.45, 2.75) is 31.7 Å². The van der Waals surface area contributed by atoms with Gasteiger partial charge < -0.3 is 9.29 Å². The maximum atomic E-state index is 11.8. The number of halogens is 1. The quantitative estimate of drug-likeness (QED) is 0.330. The minimum atomic E-state index is -2.44. The van der Waals surface area contributed by atoms with Crippen LogP contribution in [0.5, 0.6) is 0 Å². The van der Waals surface area contributed by atoms with Crippen LogP contribution in [0.25, 0.3) is 0 Å². The summed E-state index contributed by atoms with van der Waals surface area (Å²) < 4.78 is 29.6. The second-order valence-electron chi connectivity index (χ2n) is 4.94. The molecule has 1 aromatic rings. The van der Waals surface area contributed by atoms with E-state index in [1.807, 2.05) is 6.08 Å². The molecule has 0 saturated carbocycles. The van der Waals surface area contributed by atoms with Gasteiger partial charge in [0.25, 0.3) is 6.47 Å². The minimum Gasteiger partial charge on any atom is -0.755 e. The summed E-state index contributed by atoms with van der Waals surface area (Å²) in [4.78, 5) is 10.3. The van der Waals surface area contributed by atoms with Crippen LogP contribution in [0.1, 0.15) is 25.7 Å². The smallest absolute Gasteiger partial charge is 0.293 e. The molecule has 0 radical (unpaired) electrons. The first-order valence-corrected chi connectivity index (χ1v) is 8.43. The van der Waals surface area contributed by atoms with E-state index in [0.29, 0.717) is 30.0 Å². The molecule has 0 saturated heterocycles. The van der Waals surface area contributed by atoms with Gasteiger partial charge >= 0.3 is 0 Å². The number of nitrogens with zero attached hydrogens (tertiary/aromatic N) is 1. The second kappa shape index (κ2) is 8.31. The highest BCUT2D eigenvalue weighted by atomic mass is 35.5. The maximum absolute atomic E-state index is 11.8. The normalized spacial score (nSPS) is 19.2. The Morgan fingerprint density at radius 1 is 1.45 bits per heavy atom. The van der Waals surface area contributed by atoms with Crippen molar-refractivity contribution in [1.82, 2.24) is 0 Å². The first-order chi connectivity index (χ1) is 10.6. The van der Waals surface area contributed by atoms with Gasteiger partial charge in [0.2, 0.25) is 0 Å². The van der Waals surface area contributed by atoms with E-state index in [1.54, 1.807) is 24.3 Å². The van der Waals surface area contributed by atoms with Crippen LogP contribution >= 0.6 is 11.6 Å². The lowest BCUT2D eigenvalue weighted by molar-refractivity contribution is -0.128. The van der Waals surface area contributed by atoms with Crippen LogP contribution in [0.3, 0.4) is 0 Å². The van der Waals surface area contributed by atoms with Crippen LogP contribution in [0.15, 0.2) is 35.9 Å². The van der Waals surface area contributed by atoms with E-state index in [2.05, 4.69) is 0 Å².